The molecular weight excluding hydrogens is 797 g/mol. The molecule has 0 saturated heterocycles. The lowest BCUT2D eigenvalue weighted by Gasteiger charge is -2.15. The lowest BCUT2D eigenvalue weighted by atomic mass is 10.0. The van der Waals surface area contributed by atoms with Gasteiger partial charge in [0.05, 0.1) is 16.7 Å². The Hall–Kier alpha value is -8.87. The molecule has 10 aromatic carbocycles. The first-order valence-electron chi connectivity index (χ1n) is 21.8. The molecule has 302 valence electrons. The first-order valence-corrected chi connectivity index (χ1v) is 21.8. The topological polar surface area (TPSA) is 69.9 Å². The van der Waals surface area contributed by atoms with Crippen molar-refractivity contribution < 1.29 is 8.83 Å². The molecule has 0 unspecified atom stereocenters. The summed E-state index contributed by atoms with van der Waals surface area (Å²) in [6, 6.07) is 72.2. The third-order valence-electron chi connectivity index (χ3n) is 13.0. The highest BCUT2D eigenvalue weighted by Crippen LogP contribution is 2.43. The highest BCUT2D eigenvalue weighted by Gasteiger charge is 2.23. The van der Waals surface area contributed by atoms with E-state index in [1.165, 1.54) is 5.39 Å². The summed E-state index contributed by atoms with van der Waals surface area (Å²) >= 11 is 0. The molecule has 0 bridgehead atoms. The summed E-state index contributed by atoms with van der Waals surface area (Å²) in [7, 11) is 0. The Morgan fingerprint density at radius 3 is 1.62 bits per heavy atom. The van der Waals surface area contributed by atoms with Crippen LogP contribution in [0.1, 0.15) is 0 Å². The molecule has 0 aliphatic rings. The number of hydrogen-bond donors (Lipinski definition) is 0. The van der Waals surface area contributed by atoms with E-state index in [4.69, 9.17) is 23.8 Å². The summed E-state index contributed by atoms with van der Waals surface area (Å²) in [5.74, 6) is 1.68. The van der Waals surface area contributed by atoms with Gasteiger partial charge in [-0.3, -0.25) is 0 Å². The maximum absolute atomic E-state index is 6.81. The minimum Gasteiger partial charge on any atom is -0.456 e. The Bertz CT molecular complexity index is 4240. The average molecular weight is 831 g/mol. The van der Waals surface area contributed by atoms with Gasteiger partial charge in [0.15, 0.2) is 17.5 Å². The molecule has 14 rings (SSSR count). The van der Waals surface area contributed by atoms with E-state index in [0.29, 0.717) is 17.5 Å². The second-order valence-corrected chi connectivity index (χ2v) is 16.8. The van der Waals surface area contributed by atoms with E-state index < -0.39 is 0 Å². The second kappa shape index (κ2) is 13.8. The molecule has 0 spiro atoms. The number of furan rings is 2. The third-order valence-corrected chi connectivity index (χ3v) is 13.0. The van der Waals surface area contributed by atoms with Crippen molar-refractivity contribution in [3.05, 3.63) is 206 Å². The van der Waals surface area contributed by atoms with Gasteiger partial charge in [0.25, 0.3) is 0 Å². The molecule has 14 aromatic rings. The monoisotopic (exact) mass is 830 g/mol. The number of hydrogen-bond acceptors (Lipinski definition) is 5. The zero-order valence-corrected chi connectivity index (χ0v) is 34.7. The number of aromatic nitrogens is 4. The van der Waals surface area contributed by atoms with Crippen molar-refractivity contribution in [2.24, 2.45) is 0 Å². The van der Waals surface area contributed by atoms with Gasteiger partial charge in [0, 0.05) is 55.1 Å². The molecule has 65 heavy (non-hydrogen) atoms. The van der Waals surface area contributed by atoms with Crippen LogP contribution in [0.5, 0.6) is 0 Å². The van der Waals surface area contributed by atoms with Gasteiger partial charge in [-0.1, -0.05) is 140 Å². The second-order valence-electron chi connectivity index (χ2n) is 16.8. The summed E-state index contributed by atoms with van der Waals surface area (Å²) in [6.07, 6.45) is 0. The summed E-state index contributed by atoms with van der Waals surface area (Å²) < 4.78 is 15.4. The fraction of sp³-hybridized carbons (Fsp3) is 0. The molecule has 0 aliphatic carbocycles. The van der Waals surface area contributed by atoms with Crippen LogP contribution in [0.25, 0.3) is 138 Å². The predicted molar refractivity (Wildman–Crippen MR) is 265 cm³/mol. The average Bonchev–Trinajstić information content (AvgIpc) is 4.02. The Kier molecular flexibility index (Phi) is 7.59. The van der Waals surface area contributed by atoms with Gasteiger partial charge in [-0.25, -0.2) is 15.0 Å². The van der Waals surface area contributed by atoms with Crippen LogP contribution in [0, 0.1) is 0 Å². The van der Waals surface area contributed by atoms with Gasteiger partial charge in [-0.2, -0.15) is 0 Å². The molecule has 6 nitrogen and oxygen atoms in total. The maximum atomic E-state index is 6.81. The lowest BCUT2D eigenvalue weighted by molar-refractivity contribution is 0.668. The normalized spacial score (nSPS) is 12.0. The van der Waals surface area contributed by atoms with Crippen LogP contribution in [0.3, 0.4) is 0 Å². The smallest absolute Gasteiger partial charge is 0.166 e. The van der Waals surface area contributed by atoms with Crippen LogP contribution in [0.2, 0.25) is 0 Å². The molecule has 0 N–H and O–H groups in total. The SMILES string of the molecule is c1ccc(-c2ccc(-c3nc(-c4ccc5oc6ccccc6c5c4)nc(-c4cc5c(cc4-n4c6ccccc6c6cc7ccccc7cc64)oc4cc6ccccc6cc45)n3)cc2)cc1. The summed E-state index contributed by atoms with van der Waals surface area (Å²) in [6.45, 7) is 0. The van der Waals surface area contributed by atoms with Crippen LogP contribution in [-0.2, 0) is 0 Å². The van der Waals surface area contributed by atoms with Gasteiger partial charge < -0.3 is 13.4 Å². The van der Waals surface area contributed by atoms with Crippen molar-refractivity contribution >= 4 is 87.2 Å². The standard InChI is InChI=1S/C59H34N4O2/c1-2-12-35(13-3-1)36-22-24-37(25-23-36)57-60-58(42-26-27-54-46(30-42)44-19-9-11-21-53(44)64-54)62-59(61-57)49-33-48-47-29-39-15-5-7-17-41(39)32-55(47)65-56(48)34-52(49)63-50-20-10-8-18-43(50)45-28-38-14-4-6-16-40(38)31-51(45)63/h1-34H. The quantitative estimate of drug-likeness (QED) is 0.173. The number of para-hydroxylation sites is 2. The van der Waals surface area contributed by atoms with E-state index in [2.05, 4.69) is 174 Å². The zero-order valence-electron chi connectivity index (χ0n) is 34.7. The summed E-state index contributed by atoms with van der Waals surface area (Å²) in [5.41, 5.74) is 11.2. The van der Waals surface area contributed by atoms with Crippen LogP contribution in [0.15, 0.2) is 215 Å². The first-order chi connectivity index (χ1) is 32.2. The van der Waals surface area contributed by atoms with Gasteiger partial charge in [0.1, 0.15) is 22.3 Å². The molecule has 0 saturated carbocycles. The Morgan fingerprint density at radius 1 is 0.292 bits per heavy atom. The van der Waals surface area contributed by atoms with Gasteiger partial charge >= 0.3 is 0 Å². The molecule has 0 amide bonds. The number of rotatable bonds is 5. The Morgan fingerprint density at radius 2 is 0.815 bits per heavy atom. The lowest BCUT2D eigenvalue weighted by Crippen LogP contribution is -2.04. The van der Waals surface area contributed by atoms with Gasteiger partial charge in [-0.05, 0) is 93.3 Å². The fourth-order valence-corrected chi connectivity index (χ4v) is 9.84. The van der Waals surface area contributed by atoms with Crippen molar-refractivity contribution in [3.63, 3.8) is 0 Å². The Labute approximate surface area is 371 Å². The van der Waals surface area contributed by atoms with Crippen molar-refractivity contribution in [1.29, 1.82) is 0 Å². The first kappa shape index (κ1) is 35.7. The molecule has 6 heteroatoms. The summed E-state index contributed by atoms with van der Waals surface area (Å²) in [5, 5.41) is 11.0. The van der Waals surface area contributed by atoms with Gasteiger partial charge in [-0.15, -0.1) is 0 Å². The molecular formula is C59H34N4O2. The van der Waals surface area contributed by atoms with E-state index in [-0.39, 0.29) is 0 Å². The van der Waals surface area contributed by atoms with Crippen molar-refractivity contribution in [3.8, 4) is 51.0 Å². The van der Waals surface area contributed by atoms with E-state index in [9.17, 15) is 0 Å². The minimum atomic E-state index is 0.549. The van der Waals surface area contributed by atoms with E-state index in [1.54, 1.807) is 0 Å². The van der Waals surface area contributed by atoms with E-state index in [0.717, 1.165) is 115 Å². The van der Waals surface area contributed by atoms with Crippen LogP contribution >= 0.6 is 0 Å². The van der Waals surface area contributed by atoms with Crippen LogP contribution < -0.4 is 0 Å². The number of nitrogens with zero attached hydrogens (tertiary/aromatic N) is 4. The Balaban J connectivity index is 1.08. The number of benzene rings is 10. The van der Waals surface area contributed by atoms with Crippen LogP contribution in [-0.4, -0.2) is 19.5 Å². The zero-order chi connectivity index (χ0) is 42.6. The number of fused-ring (bicyclic) bond motifs is 11. The highest BCUT2D eigenvalue weighted by atomic mass is 16.3. The molecule has 0 radical (unpaired) electrons. The van der Waals surface area contributed by atoms with Gasteiger partial charge in [0.2, 0.25) is 0 Å². The molecule has 0 atom stereocenters. The predicted octanol–water partition coefficient (Wildman–Crippen LogP) is 15.7. The van der Waals surface area contributed by atoms with E-state index in [1.807, 2.05) is 36.4 Å². The van der Waals surface area contributed by atoms with Crippen molar-refractivity contribution in [2.45, 2.75) is 0 Å². The molecule has 4 heterocycles. The highest BCUT2D eigenvalue weighted by molar-refractivity contribution is 6.16. The minimum absolute atomic E-state index is 0.549. The van der Waals surface area contributed by atoms with Crippen LogP contribution in [0.4, 0.5) is 0 Å². The van der Waals surface area contributed by atoms with Crippen molar-refractivity contribution in [2.75, 3.05) is 0 Å². The molecule has 0 fully saturated rings. The summed E-state index contributed by atoms with van der Waals surface area (Å²) in [4.78, 5) is 16.1. The maximum Gasteiger partial charge on any atom is 0.166 e. The fourth-order valence-electron chi connectivity index (χ4n) is 9.84. The van der Waals surface area contributed by atoms with Crippen molar-refractivity contribution in [1.82, 2.24) is 19.5 Å². The largest absolute Gasteiger partial charge is 0.456 e. The third kappa shape index (κ3) is 5.64. The molecule has 0 aliphatic heterocycles. The van der Waals surface area contributed by atoms with E-state index >= 15 is 0 Å². The molecule has 4 aromatic heterocycles.